The summed E-state index contributed by atoms with van der Waals surface area (Å²) in [5.74, 6) is -0.130. The molecule has 0 aliphatic heterocycles. The van der Waals surface area contributed by atoms with Crippen LogP contribution in [0.5, 0.6) is 11.5 Å². The molecule has 2 aromatic rings. The van der Waals surface area contributed by atoms with E-state index in [-0.39, 0.29) is 0 Å². The predicted octanol–water partition coefficient (Wildman–Crippen LogP) is 2.41. The zero-order valence-electron chi connectivity index (χ0n) is 10.8. The van der Waals surface area contributed by atoms with Gasteiger partial charge in [0, 0.05) is 12.6 Å². The van der Waals surface area contributed by atoms with Crippen molar-refractivity contribution in [3.8, 4) is 11.5 Å². The van der Waals surface area contributed by atoms with Gasteiger partial charge in [0.15, 0.2) is 0 Å². The Hall–Kier alpha value is -2.82. The quantitative estimate of drug-likeness (QED) is 0.527. The van der Waals surface area contributed by atoms with Gasteiger partial charge >= 0.3 is 11.9 Å². The average Bonchev–Trinajstić information content (AvgIpc) is 2.41. The van der Waals surface area contributed by atoms with Crippen LogP contribution in [0.15, 0.2) is 48.5 Å². The van der Waals surface area contributed by atoms with Gasteiger partial charge in [0.05, 0.1) is 5.56 Å². The number of carbonyl (C=O) groups excluding carboxylic acids is 2. The second-order valence-corrected chi connectivity index (χ2v) is 4.08. The van der Waals surface area contributed by atoms with Crippen LogP contribution < -0.4 is 15.2 Å². The molecule has 0 aliphatic rings. The third-order valence-electron chi connectivity index (χ3n) is 2.44. The SMILES string of the molecule is CC(=O)Oc1ccc(OC(=O)c2ccc(N)cc2)cc1. The van der Waals surface area contributed by atoms with Crippen molar-refractivity contribution < 1.29 is 19.1 Å². The number of esters is 2. The van der Waals surface area contributed by atoms with E-state index in [2.05, 4.69) is 0 Å². The number of hydrogen-bond acceptors (Lipinski definition) is 5. The van der Waals surface area contributed by atoms with Crippen molar-refractivity contribution in [1.82, 2.24) is 0 Å². The molecule has 2 aromatic carbocycles. The minimum absolute atomic E-state index is 0.364. The Morgan fingerprint density at radius 1 is 0.850 bits per heavy atom. The molecule has 0 unspecified atom stereocenters. The van der Waals surface area contributed by atoms with Gasteiger partial charge in [-0.05, 0) is 48.5 Å². The van der Waals surface area contributed by atoms with Gasteiger partial charge in [-0.1, -0.05) is 0 Å². The van der Waals surface area contributed by atoms with Crippen molar-refractivity contribution in [2.75, 3.05) is 5.73 Å². The second-order valence-electron chi connectivity index (χ2n) is 4.08. The van der Waals surface area contributed by atoms with Crippen LogP contribution in [0.25, 0.3) is 0 Å². The van der Waals surface area contributed by atoms with E-state index in [1.165, 1.54) is 6.92 Å². The maximum absolute atomic E-state index is 11.8. The van der Waals surface area contributed by atoms with Gasteiger partial charge in [-0.25, -0.2) is 4.79 Å². The number of ether oxygens (including phenoxy) is 2. The van der Waals surface area contributed by atoms with Gasteiger partial charge in [0.1, 0.15) is 11.5 Å². The summed E-state index contributed by atoms with van der Waals surface area (Å²) < 4.78 is 10.1. The molecule has 2 N–H and O–H groups in total. The highest BCUT2D eigenvalue weighted by Gasteiger charge is 2.08. The van der Waals surface area contributed by atoms with E-state index in [1.807, 2.05) is 0 Å². The summed E-state index contributed by atoms with van der Waals surface area (Å²) in [5, 5.41) is 0. The third kappa shape index (κ3) is 3.58. The van der Waals surface area contributed by atoms with Crippen LogP contribution >= 0.6 is 0 Å². The Kier molecular flexibility index (Phi) is 4.00. The topological polar surface area (TPSA) is 78.6 Å². The molecule has 0 saturated carbocycles. The van der Waals surface area contributed by atoms with E-state index in [0.717, 1.165) is 0 Å². The van der Waals surface area contributed by atoms with E-state index in [9.17, 15) is 9.59 Å². The minimum atomic E-state index is -0.481. The maximum Gasteiger partial charge on any atom is 0.343 e. The molecule has 0 bridgehead atoms. The molecule has 0 saturated heterocycles. The van der Waals surface area contributed by atoms with Crippen LogP contribution in [0.4, 0.5) is 5.69 Å². The molecule has 5 nitrogen and oxygen atoms in total. The van der Waals surface area contributed by atoms with E-state index < -0.39 is 11.9 Å². The van der Waals surface area contributed by atoms with Gasteiger partial charge < -0.3 is 15.2 Å². The van der Waals surface area contributed by atoms with Gasteiger partial charge in [-0.15, -0.1) is 0 Å². The molecule has 2 rings (SSSR count). The molecule has 0 atom stereocenters. The lowest BCUT2D eigenvalue weighted by Gasteiger charge is -2.06. The first-order valence-electron chi connectivity index (χ1n) is 5.91. The monoisotopic (exact) mass is 271 g/mol. The Morgan fingerprint density at radius 3 is 1.85 bits per heavy atom. The number of nitrogens with two attached hydrogens (primary N) is 1. The highest BCUT2D eigenvalue weighted by molar-refractivity contribution is 5.91. The molecule has 20 heavy (non-hydrogen) atoms. The Bertz CT molecular complexity index is 617. The van der Waals surface area contributed by atoms with Crippen molar-refractivity contribution >= 4 is 17.6 Å². The lowest BCUT2D eigenvalue weighted by molar-refractivity contribution is -0.131. The standard InChI is InChI=1S/C15H13NO4/c1-10(17)19-13-6-8-14(9-7-13)20-15(18)11-2-4-12(16)5-3-11/h2-9H,16H2,1H3. The molecular weight excluding hydrogens is 258 g/mol. The summed E-state index contributed by atoms with van der Waals surface area (Å²) in [6, 6.07) is 12.6. The summed E-state index contributed by atoms with van der Waals surface area (Å²) in [7, 11) is 0. The minimum Gasteiger partial charge on any atom is -0.427 e. The molecule has 0 spiro atoms. The van der Waals surface area contributed by atoms with Crippen molar-refractivity contribution in [3.05, 3.63) is 54.1 Å². The van der Waals surface area contributed by atoms with E-state index in [1.54, 1.807) is 48.5 Å². The first-order valence-corrected chi connectivity index (χ1v) is 5.91. The maximum atomic E-state index is 11.8. The largest absolute Gasteiger partial charge is 0.427 e. The predicted molar refractivity (Wildman–Crippen MR) is 73.6 cm³/mol. The fourth-order valence-corrected chi connectivity index (χ4v) is 1.53. The molecule has 0 radical (unpaired) electrons. The van der Waals surface area contributed by atoms with Crippen LogP contribution in [-0.4, -0.2) is 11.9 Å². The van der Waals surface area contributed by atoms with Crippen LogP contribution in [-0.2, 0) is 4.79 Å². The lowest BCUT2D eigenvalue weighted by Crippen LogP contribution is -2.08. The molecule has 0 aliphatic carbocycles. The Labute approximate surface area is 115 Å². The highest BCUT2D eigenvalue weighted by Crippen LogP contribution is 2.19. The fourth-order valence-electron chi connectivity index (χ4n) is 1.53. The molecule has 5 heteroatoms. The van der Waals surface area contributed by atoms with Gasteiger partial charge in [0.2, 0.25) is 0 Å². The van der Waals surface area contributed by atoms with Crippen LogP contribution in [0.3, 0.4) is 0 Å². The molecular formula is C15H13NO4. The van der Waals surface area contributed by atoms with Gasteiger partial charge in [-0.3, -0.25) is 4.79 Å². The smallest absolute Gasteiger partial charge is 0.343 e. The van der Waals surface area contributed by atoms with Crippen molar-refractivity contribution in [3.63, 3.8) is 0 Å². The molecule has 0 amide bonds. The first-order chi connectivity index (χ1) is 9.54. The number of hydrogen-bond donors (Lipinski definition) is 1. The molecule has 0 fully saturated rings. The summed E-state index contributed by atoms with van der Waals surface area (Å²) in [4.78, 5) is 22.6. The van der Waals surface area contributed by atoms with Crippen LogP contribution in [0, 0.1) is 0 Å². The number of carbonyl (C=O) groups is 2. The summed E-state index contributed by atoms with van der Waals surface area (Å²) in [6.07, 6.45) is 0. The van der Waals surface area contributed by atoms with Crippen LogP contribution in [0.1, 0.15) is 17.3 Å². The number of nitrogen functional groups attached to an aromatic ring is 1. The Balaban J connectivity index is 2.04. The summed E-state index contributed by atoms with van der Waals surface area (Å²) >= 11 is 0. The number of benzene rings is 2. The van der Waals surface area contributed by atoms with Crippen LogP contribution in [0.2, 0.25) is 0 Å². The Morgan fingerprint density at radius 2 is 1.35 bits per heavy atom. The normalized spacial score (nSPS) is 9.85. The van der Waals surface area contributed by atoms with Crippen molar-refractivity contribution in [2.24, 2.45) is 0 Å². The molecule has 0 aromatic heterocycles. The van der Waals surface area contributed by atoms with Crippen molar-refractivity contribution in [1.29, 1.82) is 0 Å². The van der Waals surface area contributed by atoms with E-state index in [4.69, 9.17) is 15.2 Å². The highest BCUT2D eigenvalue weighted by atomic mass is 16.5. The van der Waals surface area contributed by atoms with Gasteiger partial charge in [-0.2, -0.15) is 0 Å². The zero-order valence-corrected chi connectivity index (χ0v) is 10.8. The fraction of sp³-hybridized carbons (Fsp3) is 0.0667. The van der Waals surface area contributed by atoms with E-state index in [0.29, 0.717) is 22.7 Å². The third-order valence-corrected chi connectivity index (χ3v) is 2.44. The van der Waals surface area contributed by atoms with Gasteiger partial charge in [0.25, 0.3) is 0 Å². The lowest BCUT2D eigenvalue weighted by atomic mass is 10.2. The summed E-state index contributed by atoms with van der Waals surface area (Å²) in [5.41, 5.74) is 6.52. The van der Waals surface area contributed by atoms with E-state index >= 15 is 0 Å². The molecule has 0 heterocycles. The number of rotatable bonds is 3. The second kappa shape index (κ2) is 5.88. The average molecular weight is 271 g/mol. The first kappa shape index (κ1) is 13.6. The summed E-state index contributed by atoms with van der Waals surface area (Å²) in [6.45, 7) is 1.31. The number of anilines is 1. The van der Waals surface area contributed by atoms with Crippen molar-refractivity contribution in [2.45, 2.75) is 6.92 Å². The molecule has 102 valence electrons. The zero-order chi connectivity index (χ0) is 14.5.